The van der Waals surface area contributed by atoms with Gasteiger partial charge in [0.1, 0.15) is 0 Å². The van der Waals surface area contributed by atoms with Crippen LogP contribution in [-0.4, -0.2) is 30.3 Å². The summed E-state index contributed by atoms with van der Waals surface area (Å²) in [5.41, 5.74) is 0.847. The Labute approximate surface area is 104 Å². The minimum atomic E-state index is 0.272. The Morgan fingerprint density at radius 3 is 2.53 bits per heavy atom. The van der Waals surface area contributed by atoms with E-state index in [-0.39, 0.29) is 5.78 Å². The lowest BCUT2D eigenvalue weighted by molar-refractivity contribution is 0.0974. The molecule has 0 N–H and O–H groups in total. The third kappa shape index (κ3) is 3.97. The molecule has 2 rings (SSSR count). The van der Waals surface area contributed by atoms with Crippen molar-refractivity contribution in [3.63, 3.8) is 0 Å². The van der Waals surface area contributed by atoms with E-state index in [4.69, 9.17) is 0 Å². The van der Waals surface area contributed by atoms with Gasteiger partial charge in [-0.15, -0.1) is 0 Å². The maximum absolute atomic E-state index is 11.9. The molecular formula is C15H20NO. The first kappa shape index (κ1) is 12.3. The van der Waals surface area contributed by atoms with E-state index in [2.05, 4.69) is 11.3 Å². The van der Waals surface area contributed by atoms with Crippen molar-refractivity contribution in [3.8, 4) is 0 Å². The van der Waals surface area contributed by atoms with Crippen molar-refractivity contribution in [3.05, 3.63) is 42.3 Å². The predicted molar refractivity (Wildman–Crippen MR) is 70.0 cm³/mol. The molecule has 1 saturated heterocycles. The molecule has 1 aromatic carbocycles. The van der Waals surface area contributed by atoms with Crippen LogP contribution in [0.1, 0.15) is 36.0 Å². The molecule has 2 nitrogen and oxygen atoms in total. The Kier molecular flexibility index (Phi) is 4.75. The average molecular weight is 230 g/mol. The van der Waals surface area contributed by atoms with Gasteiger partial charge in [0.2, 0.25) is 0 Å². The van der Waals surface area contributed by atoms with Crippen LogP contribution in [0.4, 0.5) is 0 Å². The maximum Gasteiger partial charge on any atom is 0.162 e. The SMILES string of the molecule is O=C(CCCN1CC[CH]CC1)c1ccccc1. The molecule has 1 fully saturated rings. The molecule has 0 amide bonds. The Morgan fingerprint density at radius 2 is 1.82 bits per heavy atom. The fraction of sp³-hybridized carbons (Fsp3) is 0.467. The van der Waals surface area contributed by atoms with Crippen LogP contribution in [0.3, 0.4) is 0 Å². The molecule has 1 radical (unpaired) electrons. The van der Waals surface area contributed by atoms with E-state index in [0.29, 0.717) is 6.42 Å². The van der Waals surface area contributed by atoms with E-state index >= 15 is 0 Å². The van der Waals surface area contributed by atoms with Crippen LogP contribution in [0.15, 0.2) is 30.3 Å². The number of hydrogen-bond acceptors (Lipinski definition) is 2. The van der Waals surface area contributed by atoms with Crippen LogP contribution in [0.25, 0.3) is 0 Å². The molecule has 1 heterocycles. The number of nitrogens with zero attached hydrogens (tertiary/aromatic N) is 1. The molecule has 0 spiro atoms. The highest BCUT2D eigenvalue weighted by Gasteiger charge is 2.11. The first-order valence-corrected chi connectivity index (χ1v) is 6.48. The summed E-state index contributed by atoms with van der Waals surface area (Å²) >= 11 is 0. The molecule has 0 aliphatic carbocycles. The van der Waals surface area contributed by atoms with Gasteiger partial charge >= 0.3 is 0 Å². The number of rotatable bonds is 5. The molecule has 0 saturated carbocycles. The number of benzene rings is 1. The summed E-state index contributed by atoms with van der Waals surface area (Å²) in [6, 6.07) is 9.60. The second-order valence-electron chi connectivity index (χ2n) is 4.60. The lowest BCUT2D eigenvalue weighted by Crippen LogP contribution is -2.31. The number of carbonyl (C=O) groups excluding carboxylic acids is 1. The molecule has 1 aliphatic heterocycles. The highest BCUT2D eigenvalue weighted by Crippen LogP contribution is 2.10. The number of piperidine rings is 1. The highest BCUT2D eigenvalue weighted by molar-refractivity contribution is 5.95. The van der Waals surface area contributed by atoms with Gasteiger partial charge in [-0.05, 0) is 45.3 Å². The van der Waals surface area contributed by atoms with Gasteiger partial charge in [-0.3, -0.25) is 4.79 Å². The molecule has 17 heavy (non-hydrogen) atoms. The van der Waals surface area contributed by atoms with Gasteiger partial charge in [0, 0.05) is 12.0 Å². The van der Waals surface area contributed by atoms with Crippen molar-refractivity contribution >= 4 is 5.78 Å². The quantitative estimate of drug-likeness (QED) is 0.725. The van der Waals surface area contributed by atoms with Crippen LogP contribution < -0.4 is 0 Å². The topological polar surface area (TPSA) is 20.3 Å². The van der Waals surface area contributed by atoms with Gasteiger partial charge in [0.25, 0.3) is 0 Å². The van der Waals surface area contributed by atoms with E-state index in [1.807, 2.05) is 30.3 Å². The zero-order valence-electron chi connectivity index (χ0n) is 10.3. The van der Waals surface area contributed by atoms with E-state index in [1.54, 1.807) is 0 Å². The standard InChI is InChI=1S/C15H20NO/c17-15(14-8-3-1-4-9-14)10-7-13-16-11-5-2-6-12-16/h1-4,8-9H,5-7,10-13H2. The summed E-state index contributed by atoms with van der Waals surface area (Å²) in [6.07, 6.45) is 6.41. The molecule has 2 heteroatoms. The Balaban J connectivity index is 1.69. The fourth-order valence-electron chi connectivity index (χ4n) is 2.26. The minimum Gasteiger partial charge on any atom is -0.303 e. The van der Waals surface area contributed by atoms with E-state index in [0.717, 1.165) is 18.5 Å². The molecule has 0 atom stereocenters. The van der Waals surface area contributed by atoms with E-state index in [9.17, 15) is 4.79 Å². The number of hydrogen-bond donors (Lipinski definition) is 0. The summed E-state index contributed by atoms with van der Waals surface area (Å²) in [4.78, 5) is 14.3. The molecule has 1 aromatic rings. The molecule has 0 bridgehead atoms. The molecule has 1 aliphatic rings. The van der Waals surface area contributed by atoms with Crippen molar-refractivity contribution in [1.29, 1.82) is 0 Å². The molecule has 0 aromatic heterocycles. The third-order valence-electron chi connectivity index (χ3n) is 3.27. The molecule has 91 valence electrons. The molecular weight excluding hydrogens is 210 g/mol. The highest BCUT2D eigenvalue weighted by atomic mass is 16.1. The van der Waals surface area contributed by atoms with Gasteiger partial charge in [0.15, 0.2) is 5.78 Å². The van der Waals surface area contributed by atoms with Crippen molar-refractivity contribution in [2.24, 2.45) is 0 Å². The van der Waals surface area contributed by atoms with Gasteiger partial charge in [0.05, 0.1) is 0 Å². The van der Waals surface area contributed by atoms with Gasteiger partial charge in [-0.25, -0.2) is 0 Å². The van der Waals surface area contributed by atoms with Gasteiger partial charge in [-0.1, -0.05) is 30.3 Å². The second kappa shape index (κ2) is 6.55. The van der Waals surface area contributed by atoms with E-state index < -0.39 is 0 Å². The Hall–Kier alpha value is -1.15. The largest absolute Gasteiger partial charge is 0.303 e. The first-order valence-electron chi connectivity index (χ1n) is 6.48. The number of carbonyl (C=O) groups is 1. The summed E-state index contributed by atoms with van der Waals surface area (Å²) in [5, 5.41) is 0. The maximum atomic E-state index is 11.9. The summed E-state index contributed by atoms with van der Waals surface area (Å²) in [7, 11) is 0. The van der Waals surface area contributed by atoms with Crippen molar-refractivity contribution in [2.45, 2.75) is 25.7 Å². The zero-order chi connectivity index (χ0) is 11.9. The lowest BCUT2D eigenvalue weighted by atomic mass is 10.1. The number of ketones is 1. The van der Waals surface area contributed by atoms with Crippen molar-refractivity contribution < 1.29 is 4.79 Å². The first-order chi connectivity index (χ1) is 8.36. The van der Waals surface area contributed by atoms with Crippen LogP contribution in [-0.2, 0) is 0 Å². The van der Waals surface area contributed by atoms with Crippen molar-refractivity contribution in [1.82, 2.24) is 4.90 Å². The average Bonchev–Trinajstić information content (AvgIpc) is 2.41. The summed E-state index contributed by atoms with van der Waals surface area (Å²) in [6.45, 7) is 3.39. The van der Waals surface area contributed by atoms with Crippen molar-refractivity contribution in [2.75, 3.05) is 19.6 Å². The van der Waals surface area contributed by atoms with Gasteiger partial charge < -0.3 is 4.90 Å². The summed E-state index contributed by atoms with van der Waals surface area (Å²) < 4.78 is 0. The smallest absolute Gasteiger partial charge is 0.162 e. The normalized spacial score (nSPS) is 16.9. The number of Topliss-reactive ketones (excluding diaryl/α,β-unsaturated/α-hetero) is 1. The predicted octanol–water partition coefficient (Wildman–Crippen LogP) is 2.95. The second-order valence-corrected chi connectivity index (χ2v) is 4.60. The Morgan fingerprint density at radius 1 is 1.12 bits per heavy atom. The van der Waals surface area contributed by atoms with E-state index in [1.165, 1.54) is 25.9 Å². The summed E-state index contributed by atoms with van der Waals surface area (Å²) in [5.74, 6) is 0.272. The minimum absolute atomic E-state index is 0.272. The Bertz CT molecular complexity index is 341. The van der Waals surface area contributed by atoms with Crippen LogP contribution in [0.5, 0.6) is 0 Å². The van der Waals surface area contributed by atoms with Crippen LogP contribution >= 0.6 is 0 Å². The zero-order valence-corrected chi connectivity index (χ0v) is 10.3. The monoisotopic (exact) mass is 230 g/mol. The molecule has 0 unspecified atom stereocenters. The lowest BCUT2D eigenvalue weighted by Gasteiger charge is -2.25. The fourth-order valence-corrected chi connectivity index (χ4v) is 2.26. The number of likely N-dealkylation sites (tertiary alicyclic amines) is 1. The van der Waals surface area contributed by atoms with Gasteiger partial charge in [-0.2, -0.15) is 0 Å². The van der Waals surface area contributed by atoms with Crippen LogP contribution in [0.2, 0.25) is 0 Å². The van der Waals surface area contributed by atoms with Crippen LogP contribution in [0, 0.1) is 6.42 Å². The third-order valence-corrected chi connectivity index (χ3v) is 3.27.